The van der Waals surface area contributed by atoms with Crippen LogP contribution in [0.2, 0.25) is 0 Å². The summed E-state index contributed by atoms with van der Waals surface area (Å²) < 4.78 is 0. The largest absolute Gasteiger partial charge is 0.332 e. The Labute approximate surface area is 163 Å². The van der Waals surface area contributed by atoms with Crippen molar-refractivity contribution in [2.45, 2.75) is 26.7 Å². The summed E-state index contributed by atoms with van der Waals surface area (Å²) in [5.41, 5.74) is 2.48. The summed E-state index contributed by atoms with van der Waals surface area (Å²) >= 11 is 2.80. The maximum Gasteiger partial charge on any atom is 0.246 e. The molecular formula is C17H17N5O3S2. The number of aromatic nitrogens is 2. The van der Waals surface area contributed by atoms with E-state index in [9.17, 15) is 14.9 Å². The number of carbonyl (C=O) groups excluding carboxylic acids is 1. The third kappa shape index (κ3) is 4.86. The van der Waals surface area contributed by atoms with E-state index in [1.165, 1.54) is 35.7 Å². The van der Waals surface area contributed by atoms with E-state index in [-0.39, 0.29) is 16.5 Å². The van der Waals surface area contributed by atoms with Crippen molar-refractivity contribution >= 4 is 38.8 Å². The summed E-state index contributed by atoms with van der Waals surface area (Å²) in [6, 6.07) is 0. The van der Waals surface area contributed by atoms with E-state index in [1.54, 1.807) is 6.08 Å². The first-order valence-electron chi connectivity index (χ1n) is 8.12. The average Bonchev–Trinajstić information content (AvgIpc) is 3.15. The molecule has 0 bridgehead atoms. The lowest BCUT2D eigenvalue weighted by Crippen LogP contribution is -2.04. The molecule has 2 heterocycles. The molecule has 1 aliphatic rings. The number of nitro groups is 1. The SMILES string of the molecule is CC(=O)Nc1nc(C)c(-c2csc(NC3=C/C=C(/[N+](=O)[O-])CC/C=C\3)n2)s1. The number of amides is 1. The van der Waals surface area contributed by atoms with Crippen LogP contribution in [0.3, 0.4) is 0 Å². The standard InChI is InChI=1S/C17H17N5O3S2/c1-10-15(27-17(18-10)19-11(2)23)14-9-26-16(21-14)20-12-5-3-4-6-13(8-7-12)22(24)25/h3,5,7-9H,4,6H2,1-2H3,(H,20,21)(H,18,19,23)/b5-3-,12-7+,13-8+. The second-order valence-corrected chi connectivity index (χ2v) is 7.61. The zero-order chi connectivity index (χ0) is 19.4. The fraction of sp³-hybridized carbons (Fsp3) is 0.235. The quantitative estimate of drug-likeness (QED) is 0.568. The minimum Gasteiger partial charge on any atom is -0.332 e. The summed E-state index contributed by atoms with van der Waals surface area (Å²) in [6.07, 6.45) is 8.02. The van der Waals surface area contributed by atoms with Gasteiger partial charge in [-0.15, -0.1) is 11.3 Å². The van der Waals surface area contributed by atoms with Gasteiger partial charge in [-0.25, -0.2) is 9.97 Å². The van der Waals surface area contributed by atoms with Crippen molar-refractivity contribution < 1.29 is 9.72 Å². The van der Waals surface area contributed by atoms with Gasteiger partial charge in [0.25, 0.3) is 0 Å². The molecule has 0 radical (unpaired) electrons. The average molecular weight is 403 g/mol. The zero-order valence-corrected chi connectivity index (χ0v) is 16.3. The lowest BCUT2D eigenvalue weighted by molar-refractivity contribution is -0.427. The number of hydrogen-bond donors (Lipinski definition) is 2. The highest BCUT2D eigenvalue weighted by atomic mass is 32.1. The van der Waals surface area contributed by atoms with Gasteiger partial charge in [-0.2, -0.15) is 0 Å². The molecule has 8 nitrogen and oxygen atoms in total. The number of carbonyl (C=O) groups is 1. The van der Waals surface area contributed by atoms with E-state index < -0.39 is 0 Å². The van der Waals surface area contributed by atoms with Crippen LogP contribution in [0.1, 0.15) is 25.5 Å². The van der Waals surface area contributed by atoms with Crippen molar-refractivity contribution in [3.63, 3.8) is 0 Å². The Bertz CT molecular complexity index is 971. The van der Waals surface area contributed by atoms with Gasteiger partial charge >= 0.3 is 0 Å². The molecule has 1 amide bonds. The molecule has 0 unspecified atom stereocenters. The molecule has 0 spiro atoms. The number of nitrogens with one attached hydrogen (secondary N) is 2. The van der Waals surface area contributed by atoms with Crippen LogP contribution < -0.4 is 10.6 Å². The third-order valence-corrected chi connectivity index (χ3v) is 5.48. The lowest BCUT2D eigenvalue weighted by atomic mass is 10.1. The molecule has 0 aliphatic heterocycles. The Kier molecular flexibility index (Phi) is 5.77. The molecule has 2 N–H and O–H groups in total. The lowest BCUT2D eigenvalue weighted by Gasteiger charge is -2.05. The van der Waals surface area contributed by atoms with Crippen molar-refractivity contribution in [3.05, 3.63) is 56.9 Å². The summed E-state index contributed by atoms with van der Waals surface area (Å²) in [4.78, 5) is 31.6. The fourth-order valence-electron chi connectivity index (χ4n) is 2.40. The van der Waals surface area contributed by atoms with Gasteiger partial charge in [0, 0.05) is 30.5 Å². The van der Waals surface area contributed by atoms with E-state index in [0.717, 1.165) is 22.0 Å². The van der Waals surface area contributed by atoms with Gasteiger partial charge in [0.1, 0.15) is 0 Å². The topological polar surface area (TPSA) is 110 Å². The van der Waals surface area contributed by atoms with Crippen LogP contribution in [0.25, 0.3) is 10.6 Å². The van der Waals surface area contributed by atoms with Gasteiger partial charge in [-0.1, -0.05) is 17.4 Å². The molecule has 3 rings (SSSR count). The molecule has 140 valence electrons. The van der Waals surface area contributed by atoms with E-state index >= 15 is 0 Å². The van der Waals surface area contributed by atoms with Gasteiger partial charge in [0.15, 0.2) is 10.3 Å². The van der Waals surface area contributed by atoms with Crippen LogP contribution in [-0.4, -0.2) is 20.8 Å². The molecule has 2 aromatic heterocycles. The van der Waals surface area contributed by atoms with E-state index in [4.69, 9.17) is 0 Å². The Hall–Kier alpha value is -2.85. The summed E-state index contributed by atoms with van der Waals surface area (Å²) in [7, 11) is 0. The first-order valence-corrected chi connectivity index (χ1v) is 9.81. The van der Waals surface area contributed by atoms with Gasteiger partial charge in [-0.05, 0) is 25.5 Å². The molecule has 0 fully saturated rings. The number of allylic oxidation sites excluding steroid dienone is 5. The maximum absolute atomic E-state index is 11.2. The van der Waals surface area contributed by atoms with Crippen LogP contribution >= 0.6 is 22.7 Å². The summed E-state index contributed by atoms with van der Waals surface area (Å²) in [5.74, 6) is -0.166. The number of aryl methyl sites for hydroxylation is 1. The predicted octanol–water partition coefficient (Wildman–Crippen LogP) is 4.34. The number of nitrogens with zero attached hydrogens (tertiary/aromatic N) is 3. The van der Waals surface area contributed by atoms with Crippen LogP contribution in [-0.2, 0) is 4.79 Å². The van der Waals surface area contributed by atoms with Crippen LogP contribution in [0.5, 0.6) is 0 Å². The van der Waals surface area contributed by atoms with E-state index in [1.807, 2.05) is 24.5 Å². The maximum atomic E-state index is 11.2. The van der Waals surface area contributed by atoms with Crippen molar-refractivity contribution in [1.29, 1.82) is 0 Å². The highest BCUT2D eigenvalue weighted by Gasteiger charge is 2.14. The minimum atomic E-state index is -0.353. The molecule has 0 saturated heterocycles. The summed E-state index contributed by atoms with van der Waals surface area (Å²) in [5, 5.41) is 20.0. The normalized spacial score (nSPS) is 19.0. The fourth-order valence-corrected chi connectivity index (χ4v) is 4.17. The number of rotatable bonds is 5. The molecule has 10 heteroatoms. The van der Waals surface area contributed by atoms with Gasteiger partial charge in [0.05, 0.1) is 21.2 Å². The second-order valence-electron chi connectivity index (χ2n) is 5.76. The minimum absolute atomic E-state index is 0.166. The Balaban J connectivity index is 1.79. The second kappa shape index (κ2) is 8.23. The van der Waals surface area contributed by atoms with E-state index in [2.05, 4.69) is 20.6 Å². The molecule has 0 saturated carbocycles. The Morgan fingerprint density at radius 1 is 1.30 bits per heavy atom. The highest BCUT2D eigenvalue weighted by molar-refractivity contribution is 7.19. The van der Waals surface area contributed by atoms with Crippen LogP contribution in [0, 0.1) is 17.0 Å². The smallest absolute Gasteiger partial charge is 0.246 e. The number of anilines is 2. The number of thiazole rings is 2. The predicted molar refractivity (Wildman–Crippen MR) is 107 cm³/mol. The zero-order valence-electron chi connectivity index (χ0n) is 14.7. The first kappa shape index (κ1) is 18.9. The monoisotopic (exact) mass is 403 g/mol. The van der Waals surface area contributed by atoms with Crippen LogP contribution in [0.4, 0.5) is 10.3 Å². The molecular weight excluding hydrogens is 386 g/mol. The van der Waals surface area contributed by atoms with Gasteiger partial charge in [0.2, 0.25) is 11.6 Å². The van der Waals surface area contributed by atoms with Crippen molar-refractivity contribution in [2.24, 2.45) is 0 Å². The molecule has 0 aromatic carbocycles. The van der Waals surface area contributed by atoms with Crippen LogP contribution in [0.15, 0.2) is 41.1 Å². The molecule has 2 aromatic rings. The first-order chi connectivity index (χ1) is 12.9. The van der Waals surface area contributed by atoms with Crippen molar-refractivity contribution in [1.82, 2.24) is 9.97 Å². The molecule has 0 atom stereocenters. The van der Waals surface area contributed by atoms with Gasteiger partial charge < -0.3 is 10.6 Å². The van der Waals surface area contributed by atoms with Gasteiger partial charge in [-0.3, -0.25) is 14.9 Å². The summed E-state index contributed by atoms with van der Waals surface area (Å²) in [6.45, 7) is 3.31. The highest BCUT2D eigenvalue weighted by Crippen LogP contribution is 2.34. The number of hydrogen-bond acceptors (Lipinski definition) is 8. The van der Waals surface area contributed by atoms with Crippen molar-refractivity contribution in [3.8, 4) is 10.6 Å². The van der Waals surface area contributed by atoms with Crippen molar-refractivity contribution in [2.75, 3.05) is 10.6 Å². The Morgan fingerprint density at radius 3 is 2.85 bits per heavy atom. The molecule has 1 aliphatic carbocycles. The molecule has 27 heavy (non-hydrogen) atoms. The van der Waals surface area contributed by atoms with E-state index in [0.29, 0.717) is 23.1 Å². The third-order valence-electron chi connectivity index (χ3n) is 3.62. The Morgan fingerprint density at radius 2 is 2.11 bits per heavy atom.